The van der Waals surface area contributed by atoms with Crippen LogP contribution in [0, 0.1) is 5.92 Å². The SMILES string of the molecule is Br.COc1ccc2c(c1)CCN1C[C@H]3CCCN(S(C)(=O)=O)[C@H]3C[C@@H]21. The van der Waals surface area contributed by atoms with Crippen molar-refractivity contribution in [1.82, 2.24) is 9.21 Å². The zero-order valence-electron chi connectivity index (χ0n) is 14.8. The van der Waals surface area contributed by atoms with Crippen LogP contribution < -0.4 is 4.74 Å². The van der Waals surface area contributed by atoms with Crippen molar-refractivity contribution in [1.29, 1.82) is 0 Å². The van der Waals surface area contributed by atoms with Gasteiger partial charge in [0.2, 0.25) is 10.0 Å². The third kappa shape index (κ3) is 3.48. The second-order valence-corrected chi connectivity index (χ2v) is 9.34. The van der Waals surface area contributed by atoms with Crippen LogP contribution in [0.4, 0.5) is 0 Å². The molecule has 0 aromatic heterocycles. The van der Waals surface area contributed by atoms with Crippen LogP contribution in [-0.4, -0.2) is 56.7 Å². The highest BCUT2D eigenvalue weighted by molar-refractivity contribution is 8.93. The van der Waals surface area contributed by atoms with Crippen LogP contribution in [0.1, 0.15) is 36.4 Å². The molecule has 0 saturated carbocycles. The molecule has 2 fully saturated rings. The van der Waals surface area contributed by atoms with E-state index in [2.05, 4.69) is 17.0 Å². The van der Waals surface area contributed by atoms with E-state index < -0.39 is 10.0 Å². The number of halogens is 1. The summed E-state index contributed by atoms with van der Waals surface area (Å²) in [5.74, 6) is 1.39. The maximum atomic E-state index is 12.2. The van der Waals surface area contributed by atoms with Crippen LogP contribution in [0.15, 0.2) is 18.2 Å². The van der Waals surface area contributed by atoms with Crippen molar-refractivity contribution in [3.8, 4) is 5.75 Å². The van der Waals surface area contributed by atoms with E-state index >= 15 is 0 Å². The van der Waals surface area contributed by atoms with Gasteiger partial charge in [-0.15, -0.1) is 17.0 Å². The number of hydrogen-bond acceptors (Lipinski definition) is 4. The van der Waals surface area contributed by atoms with Crippen LogP contribution in [0.25, 0.3) is 0 Å². The Hall–Kier alpha value is -0.630. The Morgan fingerprint density at radius 1 is 1.24 bits per heavy atom. The Kier molecular flexibility index (Phi) is 5.49. The molecule has 0 amide bonds. The summed E-state index contributed by atoms with van der Waals surface area (Å²) in [6, 6.07) is 6.85. The topological polar surface area (TPSA) is 49.9 Å². The second-order valence-electron chi connectivity index (χ2n) is 7.40. The standard InChI is InChI=1S/C18H26N2O3S.BrH/c1-23-15-5-6-16-13(10-15)7-9-19-12-14-4-3-8-20(24(2,21)22)17(14)11-18(16)19;/h5-6,10,14,17-18H,3-4,7-9,11-12H2,1-2H3;1H/t14-,17+,18+;/m1./s1. The molecule has 25 heavy (non-hydrogen) atoms. The van der Waals surface area contributed by atoms with E-state index in [0.717, 1.165) is 44.5 Å². The number of ether oxygens (including phenoxy) is 1. The largest absolute Gasteiger partial charge is 0.497 e. The molecule has 3 heterocycles. The van der Waals surface area contributed by atoms with Gasteiger partial charge in [-0.25, -0.2) is 8.42 Å². The molecule has 0 radical (unpaired) electrons. The summed E-state index contributed by atoms with van der Waals surface area (Å²) < 4.78 is 31.6. The van der Waals surface area contributed by atoms with E-state index in [0.29, 0.717) is 18.5 Å². The van der Waals surface area contributed by atoms with E-state index in [4.69, 9.17) is 4.74 Å². The zero-order valence-corrected chi connectivity index (χ0v) is 17.4. The first kappa shape index (κ1) is 19.1. The zero-order chi connectivity index (χ0) is 16.9. The highest BCUT2D eigenvalue weighted by Gasteiger charge is 2.44. The number of hydrogen-bond donors (Lipinski definition) is 0. The summed E-state index contributed by atoms with van der Waals surface area (Å²) in [6.45, 7) is 2.77. The lowest BCUT2D eigenvalue weighted by Crippen LogP contribution is -2.57. The summed E-state index contributed by atoms with van der Waals surface area (Å²) in [7, 11) is -1.42. The van der Waals surface area contributed by atoms with Crippen LogP contribution in [-0.2, 0) is 16.4 Å². The van der Waals surface area contributed by atoms with Crippen LogP contribution >= 0.6 is 17.0 Å². The van der Waals surface area contributed by atoms with Gasteiger partial charge in [-0.05, 0) is 54.9 Å². The van der Waals surface area contributed by atoms with Gasteiger partial charge in [0.15, 0.2) is 0 Å². The van der Waals surface area contributed by atoms with Crippen LogP contribution in [0.5, 0.6) is 5.75 Å². The molecule has 1 aromatic rings. The van der Waals surface area contributed by atoms with Crippen molar-refractivity contribution in [2.24, 2.45) is 5.92 Å². The van der Waals surface area contributed by atoms with Crippen molar-refractivity contribution >= 4 is 27.0 Å². The Balaban J connectivity index is 0.00000182. The molecule has 2 saturated heterocycles. The number of methoxy groups -OCH3 is 1. The van der Waals surface area contributed by atoms with Crippen molar-refractivity contribution in [2.45, 2.75) is 37.8 Å². The van der Waals surface area contributed by atoms with E-state index in [1.807, 2.05) is 6.07 Å². The molecule has 0 bridgehead atoms. The lowest BCUT2D eigenvalue weighted by atomic mass is 9.77. The van der Waals surface area contributed by atoms with Gasteiger partial charge in [0.25, 0.3) is 0 Å². The van der Waals surface area contributed by atoms with Gasteiger partial charge in [-0.2, -0.15) is 4.31 Å². The maximum Gasteiger partial charge on any atom is 0.211 e. The minimum atomic E-state index is -3.13. The molecular formula is C18H27BrN2O3S. The highest BCUT2D eigenvalue weighted by atomic mass is 79.9. The number of sulfonamides is 1. The molecule has 0 unspecified atom stereocenters. The summed E-state index contributed by atoms with van der Waals surface area (Å²) >= 11 is 0. The van der Waals surface area contributed by atoms with Crippen molar-refractivity contribution in [3.63, 3.8) is 0 Å². The second kappa shape index (κ2) is 7.18. The molecule has 3 aliphatic rings. The molecule has 3 atom stereocenters. The number of benzene rings is 1. The Labute approximate surface area is 161 Å². The highest BCUT2D eigenvalue weighted by Crippen LogP contribution is 2.43. The maximum absolute atomic E-state index is 12.2. The average molecular weight is 431 g/mol. The third-order valence-electron chi connectivity index (χ3n) is 6.05. The van der Waals surface area contributed by atoms with Gasteiger partial charge in [0, 0.05) is 31.7 Å². The predicted octanol–water partition coefficient (Wildman–Crippen LogP) is 2.62. The lowest BCUT2D eigenvalue weighted by Gasteiger charge is -2.51. The summed E-state index contributed by atoms with van der Waals surface area (Å²) in [5, 5.41) is 0. The lowest BCUT2D eigenvalue weighted by molar-refractivity contribution is 0.0222. The van der Waals surface area contributed by atoms with Crippen LogP contribution in [0.2, 0.25) is 0 Å². The van der Waals surface area contributed by atoms with Crippen LogP contribution in [0.3, 0.4) is 0 Å². The average Bonchev–Trinajstić information content (AvgIpc) is 2.58. The molecule has 4 rings (SSSR count). The first-order chi connectivity index (χ1) is 11.5. The summed E-state index contributed by atoms with van der Waals surface area (Å²) in [5.41, 5.74) is 2.72. The fourth-order valence-corrected chi connectivity index (χ4v) is 6.14. The predicted molar refractivity (Wildman–Crippen MR) is 104 cm³/mol. The fraction of sp³-hybridized carbons (Fsp3) is 0.667. The third-order valence-corrected chi connectivity index (χ3v) is 7.35. The molecule has 140 valence electrons. The molecule has 5 nitrogen and oxygen atoms in total. The molecule has 1 aromatic carbocycles. The molecule has 0 spiro atoms. The number of fused-ring (bicyclic) bond motifs is 4. The fourth-order valence-electron chi connectivity index (χ4n) is 4.93. The van der Waals surface area contributed by atoms with Crippen molar-refractivity contribution < 1.29 is 13.2 Å². The van der Waals surface area contributed by atoms with Gasteiger partial charge in [-0.3, -0.25) is 4.90 Å². The molecule has 0 aliphatic carbocycles. The Bertz CT molecular complexity index is 740. The monoisotopic (exact) mass is 430 g/mol. The van der Waals surface area contributed by atoms with Gasteiger partial charge >= 0.3 is 0 Å². The van der Waals surface area contributed by atoms with Gasteiger partial charge in [0.05, 0.1) is 13.4 Å². The van der Waals surface area contributed by atoms with Gasteiger partial charge < -0.3 is 4.74 Å². The minimum Gasteiger partial charge on any atom is -0.497 e. The normalized spacial score (nSPS) is 29.8. The molecule has 7 heteroatoms. The first-order valence-corrected chi connectivity index (χ1v) is 10.7. The van der Waals surface area contributed by atoms with E-state index in [1.165, 1.54) is 17.4 Å². The van der Waals surface area contributed by atoms with Gasteiger partial charge in [0.1, 0.15) is 5.75 Å². The molecule has 0 N–H and O–H groups in total. The molecule has 3 aliphatic heterocycles. The van der Waals surface area contributed by atoms with E-state index in [-0.39, 0.29) is 23.0 Å². The Morgan fingerprint density at radius 3 is 2.76 bits per heavy atom. The van der Waals surface area contributed by atoms with Crippen molar-refractivity contribution in [3.05, 3.63) is 29.3 Å². The summed E-state index contributed by atoms with van der Waals surface area (Å²) in [6.07, 6.45) is 5.46. The quantitative estimate of drug-likeness (QED) is 0.723. The van der Waals surface area contributed by atoms with Crippen molar-refractivity contribution in [2.75, 3.05) is 33.0 Å². The van der Waals surface area contributed by atoms with Gasteiger partial charge in [-0.1, -0.05) is 6.07 Å². The van der Waals surface area contributed by atoms with E-state index in [9.17, 15) is 8.42 Å². The molecular weight excluding hydrogens is 404 g/mol. The number of rotatable bonds is 2. The number of nitrogens with zero attached hydrogens (tertiary/aromatic N) is 2. The Morgan fingerprint density at radius 2 is 2.04 bits per heavy atom. The van der Waals surface area contributed by atoms with E-state index in [1.54, 1.807) is 11.4 Å². The number of piperidine rings is 2. The summed E-state index contributed by atoms with van der Waals surface area (Å²) in [4.78, 5) is 2.57. The first-order valence-electron chi connectivity index (χ1n) is 8.85. The minimum absolute atomic E-state index is 0. The smallest absolute Gasteiger partial charge is 0.211 e.